The van der Waals surface area contributed by atoms with Crippen molar-refractivity contribution in [3.05, 3.63) is 52.3 Å². The largest absolute Gasteiger partial charge is 0.236 e. The molecule has 94 valence electrons. The zero-order valence-corrected chi connectivity index (χ0v) is 11.6. The molecule has 0 aliphatic carbocycles. The Kier molecular flexibility index (Phi) is 3.09. The van der Waals surface area contributed by atoms with Gasteiger partial charge in [0, 0.05) is 27.9 Å². The van der Waals surface area contributed by atoms with Gasteiger partial charge in [-0.3, -0.25) is 0 Å². The molecule has 1 aromatic carbocycles. The summed E-state index contributed by atoms with van der Waals surface area (Å²) in [5.74, 6) is 0.548. The van der Waals surface area contributed by atoms with Crippen molar-refractivity contribution in [3.8, 4) is 11.4 Å². The minimum Gasteiger partial charge on any atom is -0.236 e. The molecule has 0 spiro atoms. The zero-order chi connectivity index (χ0) is 13.4. The number of hydrogen-bond donors (Lipinski definition) is 0. The molecule has 0 amide bonds. The lowest BCUT2D eigenvalue weighted by Gasteiger charge is -2.04. The van der Waals surface area contributed by atoms with Crippen LogP contribution in [0.5, 0.6) is 0 Å². The van der Waals surface area contributed by atoms with E-state index in [1.807, 2.05) is 25.1 Å². The van der Waals surface area contributed by atoms with E-state index >= 15 is 0 Å². The summed E-state index contributed by atoms with van der Waals surface area (Å²) < 4.78 is 0. The van der Waals surface area contributed by atoms with Gasteiger partial charge >= 0.3 is 0 Å². The number of pyridine rings is 1. The quantitative estimate of drug-likeness (QED) is 0.670. The fraction of sp³-hybridized carbons (Fsp3) is 0.0714. The molecule has 19 heavy (non-hydrogen) atoms. The summed E-state index contributed by atoms with van der Waals surface area (Å²) in [6, 6.07) is 9.13. The van der Waals surface area contributed by atoms with Gasteiger partial charge in [-0.05, 0) is 37.3 Å². The molecule has 0 bridgehead atoms. The molecular weight excluding hydrogens is 281 g/mol. The molecule has 2 aromatic heterocycles. The average molecular weight is 290 g/mol. The first-order valence-corrected chi connectivity index (χ1v) is 6.45. The van der Waals surface area contributed by atoms with Crippen molar-refractivity contribution in [1.29, 1.82) is 0 Å². The number of benzene rings is 1. The molecular formula is C14H9Cl2N3. The van der Waals surface area contributed by atoms with Crippen molar-refractivity contribution in [2.24, 2.45) is 0 Å². The lowest BCUT2D eigenvalue weighted by molar-refractivity contribution is 1.15. The molecule has 0 radical (unpaired) electrons. The topological polar surface area (TPSA) is 38.7 Å². The maximum Gasteiger partial charge on any atom is 0.163 e. The van der Waals surface area contributed by atoms with E-state index in [4.69, 9.17) is 23.2 Å². The van der Waals surface area contributed by atoms with E-state index in [1.54, 1.807) is 18.3 Å². The molecule has 2 heterocycles. The molecule has 3 rings (SSSR count). The second kappa shape index (κ2) is 4.76. The minimum absolute atomic E-state index is 0.527. The molecule has 0 saturated heterocycles. The van der Waals surface area contributed by atoms with Crippen LogP contribution in [0.2, 0.25) is 10.0 Å². The average Bonchev–Trinajstić information content (AvgIpc) is 2.38. The molecule has 0 aliphatic rings. The van der Waals surface area contributed by atoms with Crippen LogP contribution < -0.4 is 0 Å². The number of aromatic nitrogens is 3. The Bertz CT molecular complexity index is 772. The smallest absolute Gasteiger partial charge is 0.163 e. The number of hydrogen-bond acceptors (Lipinski definition) is 3. The van der Waals surface area contributed by atoms with Crippen molar-refractivity contribution in [2.75, 3.05) is 0 Å². The van der Waals surface area contributed by atoms with Gasteiger partial charge in [0.25, 0.3) is 0 Å². The summed E-state index contributed by atoms with van der Waals surface area (Å²) in [5, 5.41) is 2.02. The molecule has 0 saturated carbocycles. The standard InChI is InChI=1S/C14H9Cl2N3/c1-8-2-3-9-7-17-14(19-13(9)18-8)11-5-4-10(15)6-12(11)16/h2-7H,1H3. The fourth-order valence-electron chi connectivity index (χ4n) is 1.80. The number of rotatable bonds is 1. The van der Waals surface area contributed by atoms with Crippen LogP contribution in [0.25, 0.3) is 22.4 Å². The van der Waals surface area contributed by atoms with E-state index in [0.717, 1.165) is 16.6 Å². The first-order chi connectivity index (χ1) is 9.13. The van der Waals surface area contributed by atoms with E-state index in [-0.39, 0.29) is 0 Å². The van der Waals surface area contributed by atoms with Gasteiger partial charge in [-0.2, -0.15) is 0 Å². The van der Waals surface area contributed by atoms with E-state index < -0.39 is 0 Å². The van der Waals surface area contributed by atoms with Crippen LogP contribution in [0.1, 0.15) is 5.69 Å². The van der Waals surface area contributed by atoms with Gasteiger partial charge in [0.1, 0.15) is 0 Å². The number of halogens is 2. The predicted molar refractivity (Wildman–Crippen MR) is 77.5 cm³/mol. The summed E-state index contributed by atoms with van der Waals surface area (Å²) in [4.78, 5) is 13.2. The predicted octanol–water partition coefficient (Wildman–Crippen LogP) is 4.31. The highest BCUT2D eigenvalue weighted by Crippen LogP contribution is 2.28. The molecule has 3 nitrogen and oxygen atoms in total. The lowest BCUT2D eigenvalue weighted by atomic mass is 10.2. The van der Waals surface area contributed by atoms with E-state index in [0.29, 0.717) is 21.5 Å². The first kappa shape index (κ1) is 12.3. The zero-order valence-electron chi connectivity index (χ0n) is 10.1. The van der Waals surface area contributed by atoms with Crippen LogP contribution in [0.4, 0.5) is 0 Å². The first-order valence-electron chi connectivity index (χ1n) is 5.69. The van der Waals surface area contributed by atoms with Crippen molar-refractivity contribution < 1.29 is 0 Å². The van der Waals surface area contributed by atoms with Crippen LogP contribution in [-0.4, -0.2) is 15.0 Å². The summed E-state index contributed by atoms with van der Waals surface area (Å²) >= 11 is 12.0. The van der Waals surface area contributed by atoms with Crippen LogP contribution in [0, 0.1) is 6.92 Å². The third-order valence-electron chi connectivity index (χ3n) is 2.75. The maximum atomic E-state index is 6.16. The van der Waals surface area contributed by atoms with Crippen molar-refractivity contribution in [2.45, 2.75) is 6.92 Å². The summed E-state index contributed by atoms with van der Waals surface area (Å²) in [5.41, 5.74) is 2.33. The van der Waals surface area contributed by atoms with Crippen molar-refractivity contribution in [1.82, 2.24) is 15.0 Å². The SMILES string of the molecule is Cc1ccc2cnc(-c3ccc(Cl)cc3Cl)nc2n1. The van der Waals surface area contributed by atoms with E-state index in [1.165, 1.54) is 0 Å². The maximum absolute atomic E-state index is 6.16. The van der Waals surface area contributed by atoms with Gasteiger partial charge in [0.05, 0.1) is 5.02 Å². The monoisotopic (exact) mass is 289 g/mol. The molecule has 0 N–H and O–H groups in total. The molecule has 3 aromatic rings. The number of aryl methyl sites for hydroxylation is 1. The highest BCUT2D eigenvalue weighted by atomic mass is 35.5. The summed E-state index contributed by atoms with van der Waals surface area (Å²) in [6.07, 6.45) is 1.75. The Balaban J connectivity index is 2.19. The van der Waals surface area contributed by atoms with Gasteiger partial charge < -0.3 is 0 Å². The fourth-order valence-corrected chi connectivity index (χ4v) is 2.30. The lowest BCUT2D eigenvalue weighted by Crippen LogP contribution is -1.93. The Morgan fingerprint density at radius 3 is 2.63 bits per heavy atom. The Labute approximate surface area is 120 Å². The summed E-state index contributed by atoms with van der Waals surface area (Å²) in [6.45, 7) is 1.93. The molecule has 0 aliphatic heterocycles. The molecule has 5 heteroatoms. The van der Waals surface area contributed by atoms with Gasteiger partial charge in [-0.1, -0.05) is 23.2 Å². The summed E-state index contributed by atoms with van der Waals surface area (Å²) in [7, 11) is 0. The number of fused-ring (bicyclic) bond motifs is 1. The van der Waals surface area contributed by atoms with Gasteiger partial charge in [0.2, 0.25) is 0 Å². The van der Waals surface area contributed by atoms with Gasteiger partial charge in [-0.15, -0.1) is 0 Å². The Morgan fingerprint density at radius 1 is 1.00 bits per heavy atom. The van der Waals surface area contributed by atoms with Gasteiger partial charge in [-0.25, -0.2) is 15.0 Å². The Morgan fingerprint density at radius 2 is 1.84 bits per heavy atom. The second-order valence-corrected chi connectivity index (χ2v) is 5.03. The Hall–Kier alpha value is -1.71. The minimum atomic E-state index is 0.527. The van der Waals surface area contributed by atoms with Crippen molar-refractivity contribution >= 4 is 34.2 Å². The molecule has 0 fully saturated rings. The van der Waals surface area contributed by atoms with Gasteiger partial charge in [0.15, 0.2) is 11.5 Å². The van der Waals surface area contributed by atoms with Crippen LogP contribution >= 0.6 is 23.2 Å². The number of nitrogens with zero attached hydrogens (tertiary/aromatic N) is 3. The van der Waals surface area contributed by atoms with Crippen LogP contribution in [0.3, 0.4) is 0 Å². The third-order valence-corrected chi connectivity index (χ3v) is 3.30. The second-order valence-electron chi connectivity index (χ2n) is 4.18. The normalized spacial score (nSPS) is 10.9. The highest BCUT2D eigenvalue weighted by molar-refractivity contribution is 6.36. The van der Waals surface area contributed by atoms with Crippen molar-refractivity contribution in [3.63, 3.8) is 0 Å². The third kappa shape index (κ3) is 2.39. The van der Waals surface area contributed by atoms with E-state index in [9.17, 15) is 0 Å². The molecule has 0 unspecified atom stereocenters. The highest BCUT2D eigenvalue weighted by Gasteiger charge is 2.08. The molecule has 0 atom stereocenters. The van der Waals surface area contributed by atoms with E-state index in [2.05, 4.69) is 15.0 Å². The van der Waals surface area contributed by atoms with Crippen LogP contribution in [-0.2, 0) is 0 Å². The van der Waals surface area contributed by atoms with Crippen LogP contribution in [0.15, 0.2) is 36.5 Å².